The van der Waals surface area contributed by atoms with Crippen LogP contribution in [0.1, 0.15) is 24.0 Å². The van der Waals surface area contributed by atoms with Gasteiger partial charge in [-0.15, -0.1) is 0 Å². The summed E-state index contributed by atoms with van der Waals surface area (Å²) in [6.45, 7) is 4.35. The van der Waals surface area contributed by atoms with E-state index < -0.39 is 0 Å². The molecule has 1 heterocycles. The fraction of sp³-hybridized carbons (Fsp3) is 0.500. The fourth-order valence-electron chi connectivity index (χ4n) is 3.17. The Morgan fingerprint density at radius 2 is 2.19 bits per heavy atom. The molecule has 1 aromatic carbocycles. The average molecular weight is 287 g/mol. The van der Waals surface area contributed by atoms with Gasteiger partial charge in [0.05, 0.1) is 5.92 Å². The standard InChI is InChI=1S/C16H21N3O2/c1-2-18-15(20)14-10-17-7-8-19(14)16(21)13-9-11-5-3-4-6-12(11)13/h3-6,13-14,17H,2,7-10H2,1H3,(H,18,20). The van der Waals surface area contributed by atoms with Crippen molar-refractivity contribution in [2.75, 3.05) is 26.2 Å². The lowest BCUT2D eigenvalue weighted by molar-refractivity contribution is -0.143. The van der Waals surface area contributed by atoms with E-state index in [4.69, 9.17) is 0 Å². The van der Waals surface area contributed by atoms with Gasteiger partial charge in [0, 0.05) is 26.2 Å². The number of likely N-dealkylation sites (N-methyl/N-ethyl adjacent to an activating group) is 1. The fourth-order valence-corrected chi connectivity index (χ4v) is 3.17. The van der Waals surface area contributed by atoms with Crippen LogP contribution in [0.15, 0.2) is 24.3 Å². The van der Waals surface area contributed by atoms with Crippen molar-refractivity contribution in [3.8, 4) is 0 Å². The van der Waals surface area contributed by atoms with Crippen LogP contribution >= 0.6 is 0 Å². The number of carbonyl (C=O) groups excluding carboxylic acids is 2. The first-order valence-corrected chi connectivity index (χ1v) is 7.59. The zero-order chi connectivity index (χ0) is 14.8. The molecule has 2 unspecified atom stereocenters. The van der Waals surface area contributed by atoms with Gasteiger partial charge in [-0.3, -0.25) is 9.59 Å². The number of carbonyl (C=O) groups is 2. The van der Waals surface area contributed by atoms with Gasteiger partial charge >= 0.3 is 0 Å². The molecule has 1 fully saturated rings. The summed E-state index contributed by atoms with van der Waals surface area (Å²) in [7, 11) is 0. The molecule has 3 rings (SSSR count). The molecular weight excluding hydrogens is 266 g/mol. The lowest BCUT2D eigenvalue weighted by Gasteiger charge is -2.40. The van der Waals surface area contributed by atoms with Gasteiger partial charge in [-0.05, 0) is 24.5 Å². The maximum Gasteiger partial charge on any atom is 0.244 e. The number of hydrogen-bond donors (Lipinski definition) is 2. The molecule has 2 amide bonds. The summed E-state index contributed by atoms with van der Waals surface area (Å²) < 4.78 is 0. The predicted molar refractivity (Wildman–Crippen MR) is 79.9 cm³/mol. The maximum absolute atomic E-state index is 12.8. The zero-order valence-electron chi connectivity index (χ0n) is 12.3. The molecule has 0 bridgehead atoms. The number of benzene rings is 1. The summed E-state index contributed by atoms with van der Waals surface area (Å²) in [5, 5.41) is 6.02. The molecule has 0 radical (unpaired) electrons. The van der Waals surface area contributed by atoms with Crippen LogP contribution in [-0.4, -0.2) is 48.9 Å². The lowest BCUT2D eigenvalue weighted by Crippen LogP contribution is -2.60. The van der Waals surface area contributed by atoms with E-state index in [1.54, 1.807) is 4.90 Å². The van der Waals surface area contributed by atoms with Crippen LogP contribution in [0.2, 0.25) is 0 Å². The smallest absolute Gasteiger partial charge is 0.244 e. The Balaban J connectivity index is 1.75. The molecule has 1 aliphatic heterocycles. The number of rotatable bonds is 3. The largest absolute Gasteiger partial charge is 0.355 e. The van der Waals surface area contributed by atoms with Crippen LogP contribution in [0.3, 0.4) is 0 Å². The van der Waals surface area contributed by atoms with E-state index in [0.29, 0.717) is 19.6 Å². The Labute approximate surface area is 124 Å². The number of nitrogens with zero attached hydrogens (tertiary/aromatic N) is 1. The second-order valence-electron chi connectivity index (χ2n) is 5.60. The molecule has 112 valence electrons. The third-order valence-electron chi connectivity index (χ3n) is 4.33. The number of piperazine rings is 1. The van der Waals surface area contributed by atoms with Crippen molar-refractivity contribution in [3.63, 3.8) is 0 Å². The average Bonchev–Trinajstić information content (AvgIpc) is 2.48. The minimum Gasteiger partial charge on any atom is -0.355 e. The summed E-state index contributed by atoms with van der Waals surface area (Å²) in [5.41, 5.74) is 2.37. The van der Waals surface area contributed by atoms with Crippen LogP contribution < -0.4 is 10.6 Å². The van der Waals surface area contributed by atoms with E-state index in [2.05, 4.69) is 16.7 Å². The highest BCUT2D eigenvalue weighted by Gasteiger charge is 2.39. The Hall–Kier alpha value is -1.88. The molecule has 21 heavy (non-hydrogen) atoms. The Kier molecular flexibility index (Phi) is 3.92. The van der Waals surface area contributed by atoms with Gasteiger partial charge in [-0.25, -0.2) is 0 Å². The molecule has 1 aromatic rings. The Morgan fingerprint density at radius 1 is 1.38 bits per heavy atom. The molecule has 2 N–H and O–H groups in total. The second-order valence-corrected chi connectivity index (χ2v) is 5.60. The molecule has 2 atom stereocenters. The van der Waals surface area contributed by atoms with Crippen molar-refractivity contribution < 1.29 is 9.59 Å². The van der Waals surface area contributed by atoms with Crippen molar-refractivity contribution in [1.29, 1.82) is 0 Å². The van der Waals surface area contributed by atoms with Crippen molar-refractivity contribution in [2.24, 2.45) is 0 Å². The highest BCUT2D eigenvalue weighted by Crippen LogP contribution is 2.36. The maximum atomic E-state index is 12.8. The normalized spacial score (nSPS) is 24.0. The van der Waals surface area contributed by atoms with Gasteiger partial charge in [-0.2, -0.15) is 0 Å². The van der Waals surface area contributed by atoms with Gasteiger partial charge in [0.2, 0.25) is 11.8 Å². The van der Waals surface area contributed by atoms with E-state index in [1.807, 2.05) is 25.1 Å². The summed E-state index contributed by atoms with van der Waals surface area (Å²) >= 11 is 0. The number of hydrogen-bond acceptors (Lipinski definition) is 3. The minimum atomic E-state index is -0.390. The molecule has 0 saturated carbocycles. The SMILES string of the molecule is CCNC(=O)C1CNCCN1C(=O)C1Cc2ccccc21. The zero-order valence-corrected chi connectivity index (χ0v) is 12.3. The molecule has 0 aromatic heterocycles. The minimum absolute atomic E-state index is 0.0642. The van der Waals surface area contributed by atoms with E-state index in [0.717, 1.165) is 18.5 Å². The third-order valence-corrected chi connectivity index (χ3v) is 4.33. The van der Waals surface area contributed by atoms with Gasteiger partial charge in [0.1, 0.15) is 6.04 Å². The number of nitrogens with one attached hydrogen (secondary N) is 2. The second kappa shape index (κ2) is 5.85. The van der Waals surface area contributed by atoms with Gasteiger partial charge in [-0.1, -0.05) is 24.3 Å². The van der Waals surface area contributed by atoms with Gasteiger partial charge < -0.3 is 15.5 Å². The molecule has 1 saturated heterocycles. The van der Waals surface area contributed by atoms with Crippen LogP contribution in [0, 0.1) is 0 Å². The molecule has 5 nitrogen and oxygen atoms in total. The van der Waals surface area contributed by atoms with Crippen LogP contribution in [0.25, 0.3) is 0 Å². The predicted octanol–water partition coefficient (Wildman–Crippen LogP) is 0.263. The molecule has 2 aliphatic rings. The first-order chi connectivity index (χ1) is 10.2. The quantitative estimate of drug-likeness (QED) is 0.838. The molecule has 5 heteroatoms. The van der Waals surface area contributed by atoms with E-state index >= 15 is 0 Å². The third kappa shape index (κ3) is 2.53. The Morgan fingerprint density at radius 3 is 2.95 bits per heavy atom. The van der Waals surface area contributed by atoms with Crippen molar-refractivity contribution in [3.05, 3.63) is 35.4 Å². The first-order valence-electron chi connectivity index (χ1n) is 7.59. The number of amides is 2. The van der Waals surface area contributed by atoms with Crippen molar-refractivity contribution in [2.45, 2.75) is 25.3 Å². The summed E-state index contributed by atoms with van der Waals surface area (Å²) in [4.78, 5) is 26.7. The molecule has 1 aliphatic carbocycles. The molecular formula is C16H21N3O2. The lowest BCUT2D eigenvalue weighted by atomic mass is 9.76. The summed E-state index contributed by atoms with van der Waals surface area (Å²) in [5.74, 6) is -0.0478. The van der Waals surface area contributed by atoms with Crippen LogP contribution in [0.5, 0.6) is 0 Å². The first kappa shape index (κ1) is 14.1. The van der Waals surface area contributed by atoms with Gasteiger partial charge in [0.15, 0.2) is 0 Å². The van der Waals surface area contributed by atoms with E-state index in [1.165, 1.54) is 5.56 Å². The molecule has 0 spiro atoms. The van der Waals surface area contributed by atoms with Crippen LogP contribution in [0.4, 0.5) is 0 Å². The van der Waals surface area contributed by atoms with Crippen LogP contribution in [-0.2, 0) is 16.0 Å². The monoisotopic (exact) mass is 287 g/mol. The highest BCUT2D eigenvalue weighted by molar-refractivity contribution is 5.92. The Bertz CT molecular complexity index is 558. The topological polar surface area (TPSA) is 61.4 Å². The summed E-state index contributed by atoms with van der Waals surface area (Å²) in [6, 6.07) is 7.67. The van der Waals surface area contributed by atoms with Gasteiger partial charge in [0.25, 0.3) is 0 Å². The van der Waals surface area contributed by atoms with E-state index in [9.17, 15) is 9.59 Å². The van der Waals surface area contributed by atoms with Crippen molar-refractivity contribution >= 4 is 11.8 Å². The van der Waals surface area contributed by atoms with E-state index in [-0.39, 0.29) is 23.8 Å². The summed E-state index contributed by atoms with van der Waals surface area (Å²) in [6.07, 6.45) is 0.793. The number of fused-ring (bicyclic) bond motifs is 1. The van der Waals surface area contributed by atoms with Crippen molar-refractivity contribution in [1.82, 2.24) is 15.5 Å². The highest BCUT2D eigenvalue weighted by atomic mass is 16.2.